The number of hydrogen-bond acceptors (Lipinski definition) is 5. The Kier molecular flexibility index (Phi) is 4.49. The number of aromatic nitrogens is 2. The number of carbonyl (C=O) groups is 1. The first-order valence-corrected chi connectivity index (χ1v) is 8.37. The van der Waals surface area contributed by atoms with Gasteiger partial charge in [-0.25, -0.2) is 4.98 Å². The van der Waals surface area contributed by atoms with E-state index in [4.69, 9.17) is 0 Å². The lowest BCUT2D eigenvalue weighted by molar-refractivity contribution is 0.0927. The first kappa shape index (κ1) is 15.1. The Labute approximate surface area is 134 Å². The number of aryl methyl sites for hydroxylation is 1. The van der Waals surface area contributed by atoms with Crippen LogP contribution in [0, 0.1) is 6.92 Å². The van der Waals surface area contributed by atoms with E-state index in [9.17, 15) is 4.79 Å². The molecule has 3 rings (SSSR count). The van der Waals surface area contributed by atoms with E-state index in [1.807, 2.05) is 18.3 Å². The molecule has 0 aromatic carbocycles. The molecule has 0 aliphatic carbocycles. The highest BCUT2D eigenvalue weighted by Gasteiger charge is 2.21. The molecule has 3 heterocycles. The summed E-state index contributed by atoms with van der Waals surface area (Å²) in [6.45, 7) is 6.65. The van der Waals surface area contributed by atoms with Crippen LogP contribution in [-0.4, -0.2) is 39.9 Å². The SMILES string of the molecule is Cc1cnc(C(=O)NC[C@H](C)N2CCc3sccc3C2)cn1. The van der Waals surface area contributed by atoms with Crippen molar-refractivity contribution in [1.29, 1.82) is 0 Å². The lowest BCUT2D eigenvalue weighted by Gasteiger charge is -2.32. The quantitative estimate of drug-likeness (QED) is 0.937. The molecule has 0 saturated carbocycles. The minimum Gasteiger partial charge on any atom is -0.349 e. The summed E-state index contributed by atoms with van der Waals surface area (Å²) in [5.74, 6) is -0.160. The van der Waals surface area contributed by atoms with Crippen LogP contribution < -0.4 is 5.32 Å². The minimum atomic E-state index is -0.160. The van der Waals surface area contributed by atoms with E-state index >= 15 is 0 Å². The zero-order chi connectivity index (χ0) is 15.5. The van der Waals surface area contributed by atoms with Gasteiger partial charge in [0.25, 0.3) is 5.91 Å². The number of nitrogens with one attached hydrogen (secondary N) is 1. The summed E-state index contributed by atoms with van der Waals surface area (Å²) in [5, 5.41) is 5.12. The molecule has 1 aliphatic rings. The third kappa shape index (κ3) is 3.34. The largest absolute Gasteiger partial charge is 0.349 e. The molecule has 22 heavy (non-hydrogen) atoms. The maximum atomic E-state index is 12.1. The van der Waals surface area contributed by atoms with Gasteiger partial charge in [-0.15, -0.1) is 11.3 Å². The van der Waals surface area contributed by atoms with Gasteiger partial charge in [0.05, 0.1) is 11.9 Å². The smallest absolute Gasteiger partial charge is 0.271 e. The van der Waals surface area contributed by atoms with Gasteiger partial charge in [0.2, 0.25) is 0 Å². The summed E-state index contributed by atoms with van der Waals surface area (Å²) < 4.78 is 0. The number of hydrogen-bond donors (Lipinski definition) is 1. The zero-order valence-electron chi connectivity index (χ0n) is 12.9. The highest BCUT2D eigenvalue weighted by molar-refractivity contribution is 7.10. The van der Waals surface area contributed by atoms with Crippen LogP contribution >= 0.6 is 11.3 Å². The molecule has 2 aromatic heterocycles. The molecule has 6 heteroatoms. The number of thiophene rings is 1. The number of fused-ring (bicyclic) bond motifs is 1. The van der Waals surface area contributed by atoms with Crippen LogP contribution in [0.2, 0.25) is 0 Å². The fourth-order valence-electron chi connectivity index (χ4n) is 2.62. The first-order chi connectivity index (χ1) is 10.6. The van der Waals surface area contributed by atoms with E-state index in [0.29, 0.717) is 18.3 Å². The number of carbonyl (C=O) groups excluding carboxylic acids is 1. The predicted octanol–water partition coefficient (Wildman–Crippen LogP) is 2.02. The Morgan fingerprint density at radius 2 is 2.32 bits per heavy atom. The lowest BCUT2D eigenvalue weighted by atomic mass is 10.1. The summed E-state index contributed by atoms with van der Waals surface area (Å²) in [5.41, 5.74) is 2.61. The molecule has 1 amide bonds. The molecule has 0 saturated heterocycles. The van der Waals surface area contributed by atoms with Crippen molar-refractivity contribution in [1.82, 2.24) is 20.2 Å². The second-order valence-electron chi connectivity index (χ2n) is 5.69. The van der Waals surface area contributed by atoms with E-state index < -0.39 is 0 Å². The van der Waals surface area contributed by atoms with E-state index in [0.717, 1.165) is 25.2 Å². The summed E-state index contributed by atoms with van der Waals surface area (Å²) in [6, 6.07) is 2.51. The van der Waals surface area contributed by atoms with Crippen molar-refractivity contribution >= 4 is 17.2 Å². The van der Waals surface area contributed by atoms with Gasteiger partial charge in [0.15, 0.2) is 0 Å². The zero-order valence-corrected chi connectivity index (χ0v) is 13.7. The first-order valence-electron chi connectivity index (χ1n) is 7.49. The average molecular weight is 316 g/mol. The van der Waals surface area contributed by atoms with Gasteiger partial charge in [-0.3, -0.25) is 14.7 Å². The third-order valence-corrected chi connectivity index (χ3v) is 5.06. The predicted molar refractivity (Wildman–Crippen MR) is 87.0 cm³/mol. The molecule has 2 aromatic rings. The highest BCUT2D eigenvalue weighted by Crippen LogP contribution is 2.24. The topological polar surface area (TPSA) is 58.1 Å². The van der Waals surface area contributed by atoms with Gasteiger partial charge in [-0.1, -0.05) is 0 Å². The second kappa shape index (κ2) is 6.54. The van der Waals surface area contributed by atoms with Crippen LogP contribution in [0.3, 0.4) is 0 Å². The maximum Gasteiger partial charge on any atom is 0.271 e. The van der Waals surface area contributed by atoms with Gasteiger partial charge in [0.1, 0.15) is 5.69 Å². The van der Waals surface area contributed by atoms with Crippen molar-refractivity contribution in [2.24, 2.45) is 0 Å². The highest BCUT2D eigenvalue weighted by atomic mass is 32.1. The van der Waals surface area contributed by atoms with Gasteiger partial charge >= 0.3 is 0 Å². The Bertz CT molecular complexity index is 652. The molecule has 0 fully saturated rings. The summed E-state index contributed by atoms with van der Waals surface area (Å²) in [7, 11) is 0. The van der Waals surface area contributed by atoms with E-state index in [1.165, 1.54) is 16.6 Å². The van der Waals surface area contributed by atoms with Crippen molar-refractivity contribution in [3.63, 3.8) is 0 Å². The fourth-order valence-corrected chi connectivity index (χ4v) is 3.51. The van der Waals surface area contributed by atoms with Gasteiger partial charge < -0.3 is 5.32 Å². The summed E-state index contributed by atoms with van der Waals surface area (Å²) >= 11 is 1.84. The number of nitrogens with zero attached hydrogens (tertiary/aromatic N) is 3. The molecule has 1 aliphatic heterocycles. The van der Waals surface area contributed by atoms with Gasteiger partial charge in [0, 0.05) is 36.8 Å². The molecule has 0 bridgehead atoms. The van der Waals surface area contributed by atoms with E-state index in [1.54, 1.807) is 6.20 Å². The lowest BCUT2D eigenvalue weighted by Crippen LogP contribution is -2.44. The summed E-state index contributed by atoms with van der Waals surface area (Å²) in [4.78, 5) is 24.2. The molecule has 0 unspecified atom stereocenters. The molecule has 5 nitrogen and oxygen atoms in total. The standard InChI is InChI=1S/C16H20N4OS/c1-11-7-18-14(9-17-11)16(21)19-8-12(2)20-5-3-15-13(10-20)4-6-22-15/h4,6-7,9,12H,3,5,8,10H2,1-2H3,(H,19,21)/t12-/m0/s1. The average Bonchev–Trinajstić information content (AvgIpc) is 3.00. The Morgan fingerprint density at radius 3 is 3.09 bits per heavy atom. The van der Waals surface area contributed by atoms with Crippen LogP contribution in [0.25, 0.3) is 0 Å². The fraction of sp³-hybridized carbons (Fsp3) is 0.438. The van der Waals surface area contributed by atoms with Crippen LogP contribution in [0.5, 0.6) is 0 Å². The molecule has 0 spiro atoms. The van der Waals surface area contributed by atoms with Crippen LogP contribution in [0.4, 0.5) is 0 Å². The van der Waals surface area contributed by atoms with Crippen molar-refractivity contribution in [2.75, 3.05) is 13.1 Å². The third-order valence-electron chi connectivity index (χ3n) is 4.03. The minimum absolute atomic E-state index is 0.160. The van der Waals surface area contributed by atoms with Crippen LogP contribution in [0.1, 0.15) is 33.5 Å². The molecular formula is C16H20N4OS. The molecule has 0 radical (unpaired) electrons. The number of amides is 1. The van der Waals surface area contributed by atoms with Crippen molar-refractivity contribution < 1.29 is 4.79 Å². The van der Waals surface area contributed by atoms with Crippen molar-refractivity contribution in [3.05, 3.63) is 45.7 Å². The Morgan fingerprint density at radius 1 is 1.45 bits per heavy atom. The Balaban J connectivity index is 1.53. The van der Waals surface area contributed by atoms with E-state index in [-0.39, 0.29) is 5.91 Å². The monoisotopic (exact) mass is 316 g/mol. The van der Waals surface area contributed by atoms with E-state index in [2.05, 4.69) is 38.6 Å². The normalized spacial score (nSPS) is 16.1. The van der Waals surface area contributed by atoms with Crippen molar-refractivity contribution in [3.8, 4) is 0 Å². The van der Waals surface area contributed by atoms with Gasteiger partial charge in [-0.2, -0.15) is 0 Å². The summed E-state index contributed by atoms with van der Waals surface area (Å²) in [6.07, 6.45) is 4.24. The Hall–Kier alpha value is -1.79. The van der Waals surface area contributed by atoms with Crippen LogP contribution in [-0.2, 0) is 13.0 Å². The van der Waals surface area contributed by atoms with Crippen molar-refractivity contribution in [2.45, 2.75) is 32.9 Å². The molecular weight excluding hydrogens is 296 g/mol. The maximum absolute atomic E-state index is 12.1. The van der Waals surface area contributed by atoms with Gasteiger partial charge in [-0.05, 0) is 37.3 Å². The molecule has 116 valence electrons. The van der Waals surface area contributed by atoms with Crippen LogP contribution in [0.15, 0.2) is 23.8 Å². The molecule has 1 N–H and O–H groups in total. The number of rotatable bonds is 4. The molecule has 1 atom stereocenters. The second-order valence-corrected chi connectivity index (χ2v) is 6.69.